The molecule has 0 atom stereocenters. The molecule has 1 heterocycles. The van der Waals surface area contributed by atoms with E-state index in [9.17, 15) is 0 Å². The van der Waals surface area contributed by atoms with E-state index >= 15 is 0 Å². The topological polar surface area (TPSA) is 24.5 Å². The number of hydrogen-bond acceptors (Lipinski definition) is 3. The van der Waals surface area contributed by atoms with Gasteiger partial charge in [0.2, 0.25) is 0 Å². The Hall–Kier alpha value is -0.770. The molecule has 1 aromatic carbocycles. The van der Waals surface area contributed by atoms with Crippen molar-refractivity contribution >= 4 is 17.3 Å². The SMILES string of the molecule is CCCNCc1ccc(N2CCCOCC2)c(Cl)c1. The van der Waals surface area contributed by atoms with Crippen LogP contribution in [0.2, 0.25) is 5.02 Å². The molecule has 1 fully saturated rings. The summed E-state index contributed by atoms with van der Waals surface area (Å²) in [5.41, 5.74) is 2.37. The fourth-order valence-electron chi connectivity index (χ4n) is 2.31. The van der Waals surface area contributed by atoms with E-state index in [1.54, 1.807) is 0 Å². The molecule has 0 saturated carbocycles. The molecule has 19 heavy (non-hydrogen) atoms. The van der Waals surface area contributed by atoms with E-state index < -0.39 is 0 Å². The van der Waals surface area contributed by atoms with Gasteiger partial charge in [0.15, 0.2) is 0 Å². The van der Waals surface area contributed by atoms with Gasteiger partial charge in [0.1, 0.15) is 0 Å². The molecule has 0 spiro atoms. The molecule has 4 heteroatoms. The van der Waals surface area contributed by atoms with E-state index in [1.807, 2.05) is 0 Å². The maximum Gasteiger partial charge on any atom is 0.0642 e. The lowest BCUT2D eigenvalue weighted by atomic mass is 10.2. The first-order chi connectivity index (χ1) is 9.31. The van der Waals surface area contributed by atoms with E-state index in [0.717, 1.165) is 62.9 Å². The summed E-state index contributed by atoms with van der Waals surface area (Å²) >= 11 is 6.42. The smallest absolute Gasteiger partial charge is 0.0642 e. The third kappa shape index (κ3) is 4.37. The van der Waals surface area contributed by atoms with Crippen molar-refractivity contribution in [1.82, 2.24) is 5.32 Å². The van der Waals surface area contributed by atoms with Gasteiger partial charge >= 0.3 is 0 Å². The molecule has 1 N–H and O–H groups in total. The van der Waals surface area contributed by atoms with Crippen molar-refractivity contribution in [2.24, 2.45) is 0 Å². The maximum absolute atomic E-state index is 6.42. The van der Waals surface area contributed by atoms with Crippen molar-refractivity contribution in [3.63, 3.8) is 0 Å². The lowest BCUT2D eigenvalue weighted by Crippen LogP contribution is -2.26. The van der Waals surface area contributed by atoms with Gasteiger partial charge in [-0.2, -0.15) is 0 Å². The lowest BCUT2D eigenvalue weighted by molar-refractivity contribution is 0.152. The summed E-state index contributed by atoms with van der Waals surface area (Å²) in [6.45, 7) is 7.69. The van der Waals surface area contributed by atoms with Gasteiger partial charge in [0.05, 0.1) is 17.3 Å². The van der Waals surface area contributed by atoms with Crippen molar-refractivity contribution in [1.29, 1.82) is 0 Å². The molecule has 1 aliphatic rings. The van der Waals surface area contributed by atoms with Crippen molar-refractivity contribution in [3.05, 3.63) is 28.8 Å². The predicted octanol–water partition coefficient (Wildman–Crippen LogP) is 3.07. The van der Waals surface area contributed by atoms with E-state index in [-0.39, 0.29) is 0 Å². The van der Waals surface area contributed by atoms with Crippen LogP contribution < -0.4 is 10.2 Å². The maximum atomic E-state index is 6.42. The lowest BCUT2D eigenvalue weighted by Gasteiger charge is -2.23. The largest absolute Gasteiger partial charge is 0.380 e. The van der Waals surface area contributed by atoms with Crippen LogP contribution in [0.3, 0.4) is 0 Å². The van der Waals surface area contributed by atoms with E-state index in [2.05, 4.69) is 35.3 Å². The van der Waals surface area contributed by atoms with Gasteiger partial charge < -0.3 is 15.0 Å². The summed E-state index contributed by atoms with van der Waals surface area (Å²) in [6.07, 6.45) is 2.22. The molecule has 1 aliphatic heterocycles. The highest BCUT2D eigenvalue weighted by atomic mass is 35.5. The van der Waals surface area contributed by atoms with Gasteiger partial charge in [0.25, 0.3) is 0 Å². The van der Waals surface area contributed by atoms with Gasteiger partial charge in [-0.05, 0) is 37.1 Å². The molecule has 0 unspecified atom stereocenters. The van der Waals surface area contributed by atoms with Gasteiger partial charge in [-0.25, -0.2) is 0 Å². The first-order valence-corrected chi connectivity index (χ1v) is 7.51. The average Bonchev–Trinajstić information content (AvgIpc) is 2.68. The van der Waals surface area contributed by atoms with Gasteiger partial charge in [-0.1, -0.05) is 24.6 Å². The third-order valence-electron chi connectivity index (χ3n) is 3.33. The van der Waals surface area contributed by atoms with Crippen LogP contribution in [0, 0.1) is 0 Å². The highest BCUT2D eigenvalue weighted by Crippen LogP contribution is 2.27. The molecule has 0 aliphatic carbocycles. The third-order valence-corrected chi connectivity index (χ3v) is 3.63. The van der Waals surface area contributed by atoms with Crippen LogP contribution in [0.15, 0.2) is 18.2 Å². The summed E-state index contributed by atoms with van der Waals surface area (Å²) in [4.78, 5) is 2.32. The summed E-state index contributed by atoms with van der Waals surface area (Å²) < 4.78 is 5.48. The van der Waals surface area contributed by atoms with Crippen LogP contribution in [-0.2, 0) is 11.3 Å². The molecular weight excluding hydrogens is 260 g/mol. The normalized spacial score (nSPS) is 16.4. The highest BCUT2D eigenvalue weighted by Gasteiger charge is 2.13. The monoisotopic (exact) mass is 282 g/mol. The van der Waals surface area contributed by atoms with Gasteiger partial charge in [-0.15, -0.1) is 0 Å². The summed E-state index contributed by atoms with van der Waals surface area (Å²) in [5, 5.41) is 4.24. The van der Waals surface area contributed by atoms with Crippen molar-refractivity contribution in [2.75, 3.05) is 37.7 Å². The van der Waals surface area contributed by atoms with Crippen LogP contribution in [0.1, 0.15) is 25.3 Å². The molecule has 106 valence electrons. The second kappa shape index (κ2) is 7.73. The van der Waals surface area contributed by atoms with Gasteiger partial charge in [-0.3, -0.25) is 0 Å². The predicted molar refractivity (Wildman–Crippen MR) is 81.1 cm³/mol. The summed E-state index contributed by atoms with van der Waals surface area (Å²) in [5.74, 6) is 0. The summed E-state index contributed by atoms with van der Waals surface area (Å²) in [7, 11) is 0. The number of ether oxygens (including phenoxy) is 1. The van der Waals surface area contributed by atoms with E-state index in [4.69, 9.17) is 16.3 Å². The van der Waals surface area contributed by atoms with Crippen molar-refractivity contribution < 1.29 is 4.74 Å². The zero-order valence-corrected chi connectivity index (χ0v) is 12.4. The summed E-state index contributed by atoms with van der Waals surface area (Å²) in [6, 6.07) is 6.37. The zero-order valence-electron chi connectivity index (χ0n) is 11.6. The molecule has 0 bridgehead atoms. The Morgan fingerprint density at radius 2 is 2.21 bits per heavy atom. The van der Waals surface area contributed by atoms with E-state index in [1.165, 1.54) is 5.56 Å². The molecule has 3 nitrogen and oxygen atoms in total. The molecule has 1 saturated heterocycles. The van der Waals surface area contributed by atoms with E-state index in [0.29, 0.717) is 0 Å². The van der Waals surface area contributed by atoms with Crippen LogP contribution in [0.4, 0.5) is 5.69 Å². The molecule has 2 rings (SSSR count). The number of rotatable bonds is 5. The quantitative estimate of drug-likeness (QED) is 0.840. The Morgan fingerprint density at radius 1 is 1.32 bits per heavy atom. The Morgan fingerprint density at radius 3 is 3.00 bits per heavy atom. The van der Waals surface area contributed by atoms with Crippen LogP contribution in [0.25, 0.3) is 0 Å². The van der Waals surface area contributed by atoms with Crippen molar-refractivity contribution in [2.45, 2.75) is 26.3 Å². The Balaban J connectivity index is 2.01. The number of benzene rings is 1. The second-order valence-electron chi connectivity index (χ2n) is 4.92. The fraction of sp³-hybridized carbons (Fsp3) is 0.600. The highest BCUT2D eigenvalue weighted by molar-refractivity contribution is 6.33. The minimum atomic E-state index is 0.788. The number of nitrogens with zero attached hydrogens (tertiary/aromatic N) is 1. The van der Waals surface area contributed by atoms with Gasteiger partial charge in [0, 0.05) is 26.2 Å². The minimum absolute atomic E-state index is 0.788. The van der Waals surface area contributed by atoms with Crippen molar-refractivity contribution in [3.8, 4) is 0 Å². The molecule has 0 aromatic heterocycles. The van der Waals surface area contributed by atoms with Crippen LogP contribution >= 0.6 is 11.6 Å². The molecule has 1 aromatic rings. The molecular formula is C15H23ClN2O. The Labute approximate surface area is 120 Å². The number of nitrogens with one attached hydrogen (secondary N) is 1. The van der Waals surface area contributed by atoms with Crippen LogP contribution in [-0.4, -0.2) is 32.8 Å². The molecule has 0 amide bonds. The number of hydrogen-bond donors (Lipinski definition) is 1. The van der Waals surface area contributed by atoms with Crippen LogP contribution in [0.5, 0.6) is 0 Å². The number of anilines is 1. The minimum Gasteiger partial charge on any atom is -0.380 e. The number of halogens is 1. The fourth-order valence-corrected chi connectivity index (χ4v) is 2.64. The Bertz CT molecular complexity index is 390. The zero-order chi connectivity index (χ0) is 13.5. The molecule has 0 radical (unpaired) electrons. The Kier molecular flexibility index (Phi) is 5.95. The average molecular weight is 283 g/mol. The second-order valence-corrected chi connectivity index (χ2v) is 5.32. The standard InChI is InChI=1S/C15H23ClN2O/c1-2-6-17-12-13-4-5-15(14(16)11-13)18-7-3-9-19-10-8-18/h4-5,11,17H,2-3,6-10,12H2,1H3. The first-order valence-electron chi connectivity index (χ1n) is 7.13. The first kappa shape index (κ1) is 14.6.